The van der Waals surface area contributed by atoms with Crippen LogP contribution in [0, 0.1) is 12.7 Å². The summed E-state index contributed by atoms with van der Waals surface area (Å²) >= 11 is 11.8. The average molecular weight is 314 g/mol. The number of nitrogens with two attached hydrogens (primary N) is 1. The van der Waals surface area contributed by atoms with E-state index >= 15 is 0 Å². The highest BCUT2D eigenvalue weighted by molar-refractivity contribution is 6.31. The van der Waals surface area contributed by atoms with E-state index in [1.54, 1.807) is 12.1 Å². The molecule has 0 radical (unpaired) electrons. The van der Waals surface area contributed by atoms with Crippen LogP contribution in [-0.2, 0) is 6.42 Å². The van der Waals surface area contributed by atoms with E-state index in [0.29, 0.717) is 28.8 Å². The summed E-state index contributed by atoms with van der Waals surface area (Å²) in [5.74, 6) is 0.0905. The normalized spacial score (nSPS) is 10.7. The number of halogens is 3. The lowest BCUT2D eigenvalue weighted by Gasteiger charge is -2.13. The molecule has 0 bridgehead atoms. The van der Waals surface area contributed by atoms with Gasteiger partial charge in [-0.2, -0.15) is 0 Å². The lowest BCUT2D eigenvalue weighted by atomic mass is 10.1. The zero-order valence-corrected chi connectivity index (χ0v) is 12.4. The highest BCUT2D eigenvalue weighted by Gasteiger charge is 2.11. The third-order valence-electron chi connectivity index (χ3n) is 2.87. The lowest BCUT2D eigenvalue weighted by Crippen LogP contribution is -2.05. The van der Waals surface area contributed by atoms with Gasteiger partial charge in [-0.25, -0.2) is 4.39 Å². The molecule has 5 heteroatoms. The molecular weight excluding hydrogens is 300 g/mol. The predicted octanol–water partition coefficient (Wildman–Crippen LogP) is 4.73. The fourth-order valence-corrected chi connectivity index (χ4v) is 2.16. The van der Waals surface area contributed by atoms with Crippen LogP contribution < -0.4 is 10.5 Å². The molecule has 0 fully saturated rings. The van der Waals surface area contributed by atoms with Gasteiger partial charge in [-0.1, -0.05) is 29.3 Å². The summed E-state index contributed by atoms with van der Waals surface area (Å²) in [6, 6.07) is 7.83. The maximum atomic E-state index is 13.8. The van der Waals surface area contributed by atoms with E-state index in [-0.39, 0.29) is 5.75 Å². The van der Waals surface area contributed by atoms with Crippen molar-refractivity contribution in [3.8, 4) is 11.5 Å². The molecule has 0 unspecified atom stereocenters. The Balaban J connectivity index is 2.39. The van der Waals surface area contributed by atoms with Gasteiger partial charge in [-0.05, 0) is 55.3 Å². The minimum absolute atomic E-state index is 0.104. The molecule has 0 aliphatic heterocycles. The third-order valence-corrected chi connectivity index (χ3v) is 3.51. The summed E-state index contributed by atoms with van der Waals surface area (Å²) in [7, 11) is 0. The maximum absolute atomic E-state index is 13.8. The van der Waals surface area contributed by atoms with Crippen molar-refractivity contribution >= 4 is 23.2 Å². The first-order valence-electron chi connectivity index (χ1n) is 6.13. The van der Waals surface area contributed by atoms with Crippen molar-refractivity contribution in [2.45, 2.75) is 13.3 Å². The second kappa shape index (κ2) is 6.44. The number of aryl methyl sites for hydroxylation is 1. The highest BCUT2D eigenvalue weighted by atomic mass is 35.5. The number of rotatable bonds is 4. The summed E-state index contributed by atoms with van der Waals surface area (Å²) in [5.41, 5.74) is 7.40. The van der Waals surface area contributed by atoms with Crippen molar-refractivity contribution < 1.29 is 9.13 Å². The van der Waals surface area contributed by atoms with Crippen molar-refractivity contribution in [1.29, 1.82) is 0 Å². The first-order chi connectivity index (χ1) is 9.51. The number of ether oxygens (including phenoxy) is 1. The van der Waals surface area contributed by atoms with Crippen molar-refractivity contribution in [3.63, 3.8) is 0 Å². The topological polar surface area (TPSA) is 35.2 Å². The Morgan fingerprint density at radius 3 is 2.55 bits per heavy atom. The van der Waals surface area contributed by atoms with Crippen molar-refractivity contribution in [2.75, 3.05) is 6.54 Å². The zero-order valence-electron chi connectivity index (χ0n) is 10.9. The maximum Gasteiger partial charge on any atom is 0.167 e. The Labute approximate surface area is 127 Å². The smallest absolute Gasteiger partial charge is 0.167 e. The second-order valence-corrected chi connectivity index (χ2v) is 5.27. The first kappa shape index (κ1) is 15.1. The Hall–Kier alpha value is -1.29. The van der Waals surface area contributed by atoms with Crippen molar-refractivity contribution in [3.05, 3.63) is 57.3 Å². The number of hydrogen-bond donors (Lipinski definition) is 1. The zero-order chi connectivity index (χ0) is 14.7. The lowest BCUT2D eigenvalue weighted by molar-refractivity contribution is 0.438. The number of hydrogen-bond acceptors (Lipinski definition) is 2. The Bertz CT molecular complexity index is 632. The van der Waals surface area contributed by atoms with Gasteiger partial charge >= 0.3 is 0 Å². The summed E-state index contributed by atoms with van der Waals surface area (Å²) in [4.78, 5) is 0. The molecule has 2 nitrogen and oxygen atoms in total. The van der Waals surface area contributed by atoms with Gasteiger partial charge in [0.2, 0.25) is 0 Å². The predicted molar refractivity (Wildman–Crippen MR) is 80.4 cm³/mol. The number of benzene rings is 2. The quantitative estimate of drug-likeness (QED) is 0.885. The van der Waals surface area contributed by atoms with Crippen LogP contribution in [0.2, 0.25) is 10.0 Å². The first-order valence-corrected chi connectivity index (χ1v) is 6.89. The van der Waals surface area contributed by atoms with E-state index in [1.807, 2.05) is 13.0 Å². The minimum atomic E-state index is -0.520. The van der Waals surface area contributed by atoms with E-state index in [4.69, 9.17) is 33.7 Å². The SMILES string of the molecule is Cc1cc(CCN)c(Oc2ccc(Cl)cc2F)cc1Cl. The van der Waals surface area contributed by atoms with Crippen LogP contribution in [0.4, 0.5) is 4.39 Å². The molecule has 0 spiro atoms. The second-order valence-electron chi connectivity index (χ2n) is 4.42. The van der Waals surface area contributed by atoms with Crippen LogP contribution in [0.1, 0.15) is 11.1 Å². The molecule has 2 aromatic carbocycles. The van der Waals surface area contributed by atoms with Crippen molar-refractivity contribution in [2.24, 2.45) is 5.73 Å². The summed E-state index contributed by atoms with van der Waals surface area (Å²) in [6.45, 7) is 2.37. The summed E-state index contributed by atoms with van der Waals surface area (Å²) < 4.78 is 19.4. The van der Waals surface area contributed by atoms with E-state index in [2.05, 4.69) is 0 Å². The van der Waals surface area contributed by atoms with Crippen LogP contribution in [-0.4, -0.2) is 6.54 Å². The molecular formula is C15H14Cl2FNO. The molecule has 2 aromatic rings. The molecule has 0 aliphatic rings. The van der Waals surface area contributed by atoms with Gasteiger partial charge < -0.3 is 10.5 Å². The van der Waals surface area contributed by atoms with Crippen LogP contribution in [0.3, 0.4) is 0 Å². The molecule has 0 saturated heterocycles. The fraction of sp³-hybridized carbons (Fsp3) is 0.200. The van der Waals surface area contributed by atoms with Crippen LogP contribution in [0.15, 0.2) is 30.3 Å². The molecule has 2 rings (SSSR count). The van der Waals surface area contributed by atoms with Gasteiger partial charge in [0.1, 0.15) is 5.75 Å². The van der Waals surface area contributed by atoms with E-state index < -0.39 is 5.82 Å². The molecule has 0 atom stereocenters. The van der Waals surface area contributed by atoms with E-state index in [0.717, 1.165) is 11.1 Å². The average Bonchev–Trinajstić information content (AvgIpc) is 2.39. The molecule has 20 heavy (non-hydrogen) atoms. The van der Waals surface area contributed by atoms with Gasteiger partial charge in [0, 0.05) is 10.0 Å². The van der Waals surface area contributed by atoms with Crippen LogP contribution >= 0.6 is 23.2 Å². The molecule has 0 heterocycles. The van der Waals surface area contributed by atoms with Crippen molar-refractivity contribution in [1.82, 2.24) is 0 Å². The van der Waals surface area contributed by atoms with Gasteiger partial charge in [0.15, 0.2) is 11.6 Å². The Morgan fingerprint density at radius 2 is 1.90 bits per heavy atom. The molecule has 106 valence electrons. The molecule has 0 aliphatic carbocycles. The third kappa shape index (κ3) is 3.42. The largest absolute Gasteiger partial charge is 0.454 e. The summed E-state index contributed by atoms with van der Waals surface area (Å²) in [5, 5.41) is 0.883. The standard InChI is InChI=1S/C15H14Cl2FNO/c1-9-6-10(4-5-19)15(8-12(9)17)20-14-3-2-11(16)7-13(14)18/h2-3,6-8H,4-5,19H2,1H3. The summed E-state index contributed by atoms with van der Waals surface area (Å²) in [6.07, 6.45) is 0.628. The van der Waals surface area contributed by atoms with Crippen LogP contribution in [0.25, 0.3) is 0 Å². The van der Waals surface area contributed by atoms with E-state index in [9.17, 15) is 4.39 Å². The van der Waals surface area contributed by atoms with Crippen LogP contribution in [0.5, 0.6) is 11.5 Å². The molecule has 2 N–H and O–H groups in total. The molecule has 0 saturated carbocycles. The minimum Gasteiger partial charge on any atom is -0.454 e. The molecule has 0 amide bonds. The van der Waals surface area contributed by atoms with Gasteiger partial charge in [0.05, 0.1) is 0 Å². The van der Waals surface area contributed by atoms with Gasteiger partial charge in [0.25, 0.3) is 0 Å². The van der Waals surface area contributed by atoms with E-state index in [1.165, 1.54) is 12.1 Å². The fourth-order valence-electron chi connectivity index (χ4n) is 1.85. The Kier molecular flexibility index (Phi) is 4.86. The van der Waals surface area contributed by atoms with Gasteiger partial charge in [-0.3, -0.25) is 0 Å². The molecule has 0 aromatic heterocycles. The monoisotopic (exact) mass is 313 g/mol. The van der Waals surface area contributed by atoms with Gasteiger partial charge in [-0.15, -0.1) is 0 Å². The Morgan fingerprint density at radius 1 is 1.15 bits per heavy atom. The highest BCUT2D eigenvalue weighted by Crippen LogP contribution is 2.33.